The lowest BCUT2D eigenvalue weighted by atomic mass is 9.97. The van der Waals surface area contributed by atoms with E-state index in [0.717, 1.165) is 24.9 Å². The molecule has 2 fully saturated rings. The Labute approximate surface area is 227 Å². The highest BCUT2D eigenvalue weighted by atomic mass is 19.1. The van der Waals surface area contributed by atoms with Gasteiger partial charge in [-0.1, -0.05) is 12.6 Å². The first-order chi connectivity index (χ1) is 18.9. The number of benzene rings is 1. The second-order valence-electron chi connectivity index (χ2n) is 10.2. The van der Waals surface area contributed by atoms with E-state index in [4.69, 9.17) is 14.5 Å². The van der Waals surface area contributed by atoms with E-state index in [1.807, 2.05) is 4.90 Å². The van der Waals surface area contributed by atoms with E-state index in [0.29, 0.717) is 44.9 Å². The first kappa shape index (κ1) is 26.7. The third-order valence-electron chi connectivity index (χ3n) is 7.83. The minimum atomic E-state index is -0.719. The van der Waals surface area contributed by atoms with Gasteiger partial charge in [-0.15, -0.1) is 0 Å². The van der Waals surface area contributed by atoms with Crippen LogP contribution in [0.4, 0.5) is 10.2 Å². The number of carbonyl (C=O) groups excluding carboxylic acids is 1. The molecule has 4 heterocycles. The summed E-state index contributed by atoms with van der Waals surface area (Å²) in [6.07, 6.45) is 3.76. The van der Waals surface area contributed by atoms with Crippen LogP contribution in [-0.4, -0.2) is 82.7 Å². The van der Waals surface area contributed by atoms with Gasteiger partial charge in [0, 0.05) is 25.7 Å². The molecule has 3 atom stereocenters. The maximum absolute atomic E-state index is 14.7. The molecule has 1 N–H and O–H groups in total. The van der Waals surface area contributed by atoms with Crippen LogP contribution in [0.3, 0.4) is 0 Å². The molecule has 0 bridgehead atoms. The molecule has 5 rings (SSSR count). The molecule has 1 amide bonds. The van der Waals surface area contributed by atoms with Crippen LogP contribution in [0.25, 0.3) is 0 Å². The van der Waals surface area contributed by atoms with E-state index in [1.54, 1.807) is 4.90 Å². The molecule has 11 heteroatoms. The van der Waals surface area contributed by atoms with Crippen molar-refractivity contribution >= 4 is 11.7 Å². The fourth-order valence-corrected chi connectivity index (χ4v) is 5.69. The summed E-state index contributed by atoms with van der Waals surface area (Å²) in [5.74, 6) is -0.00317. The predicted molar refractivity (Wildman–Crippen MR) is 141 cm³/mol. The van der Waals surface area contributed by atoms with Gasteiger partial charge in [0.2, 0.25) is 11.8 Å². The minimum Gasteiger partial charge on any atom is -0.507 e. The largest absolute Gasteiger partial charge is 0.507 e. The number of likely N-dealkylation sites (N-methyl/N-ethyl adjacent to an activating group) is 1. The second-order valence-corrected chi connectivity index (χ2v) is 10.2. The molecule has 0 radical (unpaired) electrons. The third kappa shape index (κ3) is 5.47. The zero-order chi connectivity index (χ0) is 27.5. The van der Waals surface area contributed by atoms with Crippen LogP contribution in [0.2, 0.25) is 0 Å². The van der Waals surface area contributed by atoms with Gasteiger partial charge in [-0.2, -0.15) is 15.2 Å². The monoisotopic (exact) mass is 536 g/mol. The zero-order valence-corrected chi connectivity index (χ0v) is 22.1. The van der Waals surface area contributed by atoms with Crippen molar-refractivity contribution in [2.24, 2.45) is 0 Å². The van der Waals surface area contributed by atoms with Gasteiger partial charge >= 0.3 is 6.01 Å². The van der Waals surface area contributed by atoms with Gasteiger partial charge in [-0.3, -0.25) is 4.79 Å². The van der Waals surface area contributed by atoms with Gasteiger partial charge in [0.05, 0.1) is 29.7 Å². The number of fused-ring (bicyclic) bond motifs is 1. The maximum atomic E-state index is 14.7. The van der Waals surface area contributed by atoms with Gasteiger partial charge in [0.15, 0.2) is 0 Å². The molecule has 2 aromatic rings. The number of amides is 1. The first-order valence-electron chi connectivity index (χ1n) is 13.3. The van der Waals surface area contributed by atoms with Crippen molar-refractivity contribution in [1.82, 2.24) is 19.8 Å². The summed E-state index contributed by atoms with van der Waals surface area (Å²) in [5, 5.41) is 19.8. The van der Waals surface area contributed by atoms with E-state index in [9.17, 15) is 19.6 Å². The Hall–Kier alpha value is -3.91. The number of likely N-dealkylation sites (tertiary alicyclic amines) is 1. The predicted octanol–water partition coefficient (Wildman–Crippen LogP) is 2.98. The lowest BCUT2D eigenvalue weighted by molar-refractivity contribution is -0.128. The van der Waals surface area contributed by atoms with Crippen LogP contribution in [0.5, 0.6) is 17.6 Å². The molecule has 2 saturated heterocycles. The Morgan fingerprint density at radius 1 is 1.31 bits per heavy atom. The number of carbonyl (C=O) groups is 1. The van der Waals surface area contributed by atoms with Crippen molar-refractivity contribution < 1.29 is 23.8 Å². The summed E-state index contributed by atoms with van der Waals surface area (Å²) >= 11 is 0. The third-order valence-corrected chi connectivity index (χ3v) is 7.83. The topological polar surface area (TPSA) is 115 Å². The number of aromatic nitrogens is 2. The van der Waals surface area contributed by atoms with Crippen LogP contribution in [0.1, 0.15) is 42.9 Å². The molecule has 1 aromatic carbocycles. The van der Waals surface area contributed by atoms with Crippen molar-refractivity contribution in [3.63, 3.8) is 0 Å². The molecule has 10 nitrogen and oxygen atoms in total. The first-order valence-corrected chi connectivity index (χ1v) is 13.3. The summed E-state index contributed by atoms with van der Waals surface area (Å²) in [4.78, 5) is 27.7. The van der Waals surface area contributed by atoms with Gasteiger partial charge < -0.3 is 29.3 Å². The van der Waals surface area contributed by atoms with E-state index >= 15 is 0 Å². The molecule has 0 aliphatic carbocycles. The fourth-order valence-electron chi connectivity index (χ4n) is 5.69. The van der Waals surface area contributed by atoms with E-state index in [2.05, 4.69) is 29.6 Å². The van der Waals surface area contributed by atoms with Crippen LogP contribution < -0.4 is 14.4 Å². The van der Waals surface area contributed by atoms with E-state index < -0.39 is 11.9 Å². The Morgan fingerprint density at radius 2 is 2.15 bits per heavy atom. The number of hydrogen-bond acceptors (Lipinski definition) is 9. The summed E-state index contributed by atoms with van der Waals surface area (Å²) in [5.41, 5.74) is 0.857. The maximum Gasteiger partial charge on any atom is 0.321 e. The number of phenols is 1. The highest BCUT2D eigenvalue weighted by Gasteiger charge is 2.35. The second kappa shape index (κ2) is 11.5. The number of ether oxygens (including phenoxy) is 2. The molecular formula is C28H33FN6O4. The number of piperazine rings is 1. The number of nitrogens with zero attached hydrogens (tertiary/aromatic N) is 6. The average Bonchev–Trinajstić information content (AvgIpc) is 3.35. The van der Waals surface area contributed by atoms with Gasteiger partial charge in [0.1, 0.15) is 30.1 Å². The number of nitriles is 1. The average molecular weight is 537 g/mol. The van der Waals surface area contributed by atoms with Crippen molar-refractivity contribution in [2.45, 2.75) is 50.3 Å². The van der Waals surface area contributed by atoms with Crippen LogP contribution in [0.15, 0.2) is 30.9 Å². The smallest absolute Gasteiger partial charge is 0.321 e. The molecule has 3 aliphatic heterocycles. The lowest BCUT2D eigenvalue weighted by Crippen LogP contribution is -2.55. The summed E-state index contributed by atoms with van der Waals surface area (Å²) in [6.45, 7) is 6.32. The highest BCUT2D eigenvalue weighted by Crippen LogP contribution is 2.42. The molecule has 1 aromatic heterocycles. The molecule has 3 aliphatic rings. The van der Waals surface area contributed by atoms with Crippen molar-refractivity contribution in [1.29, 1.82) is 5.26 Å². The molecular weight excluding hydrogens is 503 g/mol. The Kier molecular flexibility index (Phi) is 7.84. The fraction of sp³-hybridized carbons (Fsp3) is 0.500. The van der Waals surface area contributed by atoms with Crippen molar-refractivity contribution in [3.05, 3.63) is 47.8 Å². The molecule has 206 valence electrons. The van der Waals surface area contributed by atoms with Gasteiger partial charge in [-0.05, 0) is 57.5 Å². The number of anilines is 1. The molecule has 39 heavy (non-hydrogen) atoms. The quantitative estimate of drug-likeness (QED) is 0.533. The number of hydrogen-bond donors (Lipinski definition) is 1. The van der Waals surface area contributed by atoms with Crippen molar-refractivity contribution in [2.75, 3.05) is 44.7 Å². The van der Waals surface area contributed by atoms with Gasteiger partial charge in [-0.25, -0.2) is 4.39 Å². The molecule has 0 spiro atoms. The molecule has 0 saturated carbocycles. The summed E-state index contributed by atoms with van der Waals surface area (Å²) < 4.78 is 26.9. The number of aromatic hydroxyl groups is 1. The van der Waals surface area contributed by atoms with Crippen molar-refractivity contribution in [3.8, 4) is 23.7 Å². The Morgan fingerprint density at radius 3 is 2.87 bits per heavy atom. The number of phenolic OH excluding ortho intramolecular Hbond substituents is 1. The summed E-state index contributed by atoms with van der Waals surface area (Å²) in [6, 6.07) is 6.45. The summed E-state index contributed by atoms with van der Waals surface area (Å²) in [7, 11) is 2.06. The van der Waals surface area contributed by atoms with Crippen LogP contribution >= 0.6 is 0 Å². The van der Waals surface area contributed by atoms with E-state index in [-0.39, 0.29) is 47.6 Å². The minimum absolute atomic E-state index is 0.101. The highest BCUT2D eigenvalue weighted by molar-refractivity contribution is 5.87. The molecule has 1 unspecified atom stereocenters. The number of rotatable bonds is 7. The van der Waals surface area contributed by atoms with Crippen LogP contribution in [0, 0.1) is 17.1 Å². The zero-order valence-electron chi connectivity index (χ0n) is 22.1. The van der Waals surface area contributed by atoms with Crippen LogP contribution in [-0.2, 0) is 11.2 Å². The number of halogens is 1. The standard InChI is InChI=1S/C28H33FN6O4/c1-3-24(37)35-15-14-34(16-18(35)11-12-30)26-20-9-10-23(25-21(29)7-4-8-22(25)36)39-27(20)32-28(31-26)38-17-19-6-5-13-33(19)2/h3-4,7-8,18-19,23,36H,1,5-6,9-11,13-17H2,2H3/t18-,19-,23?/m0/s1. The lowest BCUT2D eigenvalue weighted by Gasteiger charge is -2.41. The van der Waals surface area contributed by atoms with Gasteiger partial charge in [0.25, 0.3) is 0 Å². The normalized spacial score (nSPS) is 23.1. The van der Waals surface area contributed by atoms with E-state index in [1.165, 1.54) is 24.3 Å². The Bertz CT molecular complexity index is 1260. The SMILES string of the molecule is C=CC(=O)N1CCN(c2nc(OC[C@@H]3CCCN3C)nc3c2CCC(c2c(O)cccc2F)O3)C[C@@H]1CC#N. The Balaban J connectivity index is 1.46.